The number of hydrogen-bond donors (Lipinski definition) is 2. The predicted octanol–water partition coefficient (Wildman–Crippen LogP) is 2.23. The van der Waals surface area contributed by atoms with Gasteiger partial charge in [-0.1, -0.05) is 0 Å². The zero-order valence-corrected chi connectivity index (χ0v) is 13.4. The highest BCUT2D eigenvalue weighted by molar-refractivity contribution is 5.81. The molecule has 2 N–H and O–H groups in total. The first kappa shape index (κ1) is 16.9. The van der Waals surface area contributed by atoms with Crippen LogP contribution in [-0.2, 0) is 9.53 Å². The quantitative estimate of drug-likeness (QED) is 0.885. The van der Waals surface area contributed by atoms with Gasteiger partial charge in [-0.2, -0.15) is 0 Å². The van der Waals surface area contributed by atoms with Crippen LogP contribution >= 0.6 is 0 Å². The number of likely N-dealkylation sites (tertiary alicyclic amines) is 1. The normalized spacial score (nSPS) is 21.1. The lowest BCUT2D eigenvalue weighted by atomic mass is 10.2. The summed E-state index contributed by atoms with van der Waals surface area (Å²) < 4.78 is 10.9. The van der Waals surface area contributed by atoms with E-state index in [-0.39, 0.29) is 18.7 Å². The minimum atomic E-state index is -1.09. The third-order valence-electron chi connectivity index (χ3n) is 3.32. The molecule has 1 aliphatic heterocycles. The van der Waals surface area contributed by atoms with Gasteiger partial charge in [-0.25, -0.2) is 9.59 Å². The average molecular weight is 323 g/mol. The highest BCUT2D eigenvalue weighted by Crippen LogP contribution is 2.26. The van der Waals surface area contributed by atoms with Gasteiger partial charge in [0.15, 0.2) is 0 Å². The number of aromatic hydroxyl groups is 1. The van der Waals surface area contributed by atoms with Gasteiger partial charge in [-0.05, 0) is 45.0 Å². The zero-order chi connectivity index (χ0) is 17.2. The molecule has 1 aliphatic rings. The lowest BCUT2D eigenvalue weighted by molar-refractivity contribution is -0.142. The fourth-order valence-electron chi connectivity index (χ4n) is 2.36. The molecular formula is C16H21NO6. The fraction of sp³-hybridized carbons (Fsp3) is 0.500. The Morgan fingerprint density at radius 2 is 1.83 bits per heavy atom. The number of carbonyl (C=O) groups excluding carboxylic acids is 1. The molecule has 126 valence electrons. The van der Waals surface area contributed by atoms with Gasteiger partial charge in [0, 0.05) is 6.42 Å². The van der Waals surface area contributed by atoms with Crippen LogP contribution in [0.15, 0.2) is 24.3 Å². The van der Waals surface area contributed by atoms with Crippen LogP contribution in [0.25, 0.3) is 0 Å². The first-order chi connectivity index (χ1) is 10.7. The van der Waals surface area contributed by atoms with Crippen molar-refractivity contribution in [3.63, 3.8) is 0 Å². The van der Waals surface area contributed by atoms with E-state index in [4.69, 9.17) is 9.47 Å². The molecule has 2 atom stereocenters. The number of hydrogen-bond acceptors (Lipinski definition) is 5. The van der Waals surface area contributed by atoms with Crippen molar-refractivity contribution in [3.05, 3.63) is 24.3 Å². The van der Waals surface area contributed by atoms with Gasteiger partial charge in [0.1, 0.15) is 29.2 Å². The van der Waals surface area contributed by atoms with Crippen LogP contribution in [0, 0.1) is 0 Å². The summed E-state index contributed by atoms with van der Waals surface area (Å²) in [6, 6.07) is 5.14. The number of amides is 1. The summed E-state index contributed by atoms with van der Waals surface area (Å²) in [6.07, 6.45) is -0.940. The highest BCUT2D eigenvalue weighted by Gasteiger charge is 2.42. The molecule has 1 aromatic rings. The van der Waals surface area contributed by atoms with Crippen LogP contribution < -0.4 is 4.74 Å². The number of carboxylic acids is 1. The van der Waals surface area contributed by atoms with Gasteiger partial charge in [0.2, 0.25) is 0 Å². The number of nitrogens with zero attached hydrogens (tertiary/aromatic N) is 1. The van der Waals surface area contributed by atoms with Crippen molar-refractivity contribution >= 4 is 12.1 Å². The summed E-state index contributed by atoms with van der Waals surface area (Å²) in [5.74, 6) is -0.474. The largest absolute Gasteiger partial charge is 0.508 e. The van der Waals surface area contributed by atoms with E-state index in [2.05, 4.69) is 0 Å². The Hall–Kier alpha value is -2.44. The molecule has 2 unspecified atom stereocenters. The van der Waals surface area contributed by atoms with E-state index in [9.17, 15) is 19.8 Å². The molecule has 0 radical (unpaired) electrons. The van der Waals surface area contributed by atoms with Crippen LogP contribution in [0.1, 0.15) is 27.2 Å². The molecular weight excluding hydrogens is 302 g/mol. The Morgan fingerprint density at radius 3 is 2.35 bits per heavy atom. The number of ether oxygens (including phenoxy) is 2. The Bertz CT molecular complexity index is 577. The molecule has 1 heterocycles. The van der Waals surface area contributed by atoms with Crippen molar-refractivity contribution in [1.82, 2.24) is 4.90 Å². The monoisotopic (exact) mass is 323 g/mol. The molecule has 0 spiro atoms. The molecule has 1 amide bonds. The summed E-state index contributed by atoms with van der Waals surface area (Å²) >= 11 is 0. The lowest BCUT2D eigenvalue weighted by Gasteiger charge is -2.26. The maximum atomic E-state index is 12.2. The first-order valence-electron chi connectivity index (χ1n) is 7.34. The van der Waals surface area contributed by atoms with Crippen LogP contribution in [0.4, 0.5) is 4.79 Å². The lowest BCUT2D eigenvalue weighted by Crippen LogP contribution is -2.43. The second kappa shape index (κ2) is 6.36. The third-order valence-corrected chi connectivity index (χ3v) is 3.32. The minimum absolute atomic E-state index is 0.113. The Morgan fingerprint density at radius 1 is 1.22 bits per heavy atom. The van der Waals surface area contributed by atoms with Crippen LogP contribution in [0.5, 0.6) is 11.5 Å². The Kier molecular flexibility index (Phi) is 4.68. The van der Waals surface area contributed by atoms with E-state index in [1.807, 2.05) is 0 Å². The summed E-state index contributed by atoms with van der Waals surface area (Å²) in [7, 11) is 0. The number of rotatable bonds is 3. The number of phenolic OH excluding ortho intramolecular Hbond substituents is 1. The predicted molar refractivity (Wildman–Crippen MR) is 81.5 cm³/mol. The molecule has 23 heavy (non-hydrogen) atoms. The Balaban J connectivity index is 2.06. The SMILES string of the molecule is CC(C)(C)OC(=O)N1CC(Oc2ccc(O)cc2)CC1C(=O)O. The van der Waals surface area contributed by atoms with E-state index in [0.717, 1.165) is 0 Å². The van der Waals surface area contributed by atoms with Gasteiger partial charge >= 0.3 is 12.1 Å². The summed E-state index contributed by atoms with van der Waals surface area (Å²) in [5.41, 5.74) is -0.698. The summed E-state index contributed by atoms with van der Waals surface area (Å²) in [6.45, 7) is 5.30. The number of aliphatic carboxylic acids is 1. The van der Waals surface area contributed by atoms with Crippen molar-refractivity contribution in [2.75, 3.05) is 6.54 Å². The molecule has 1 saturated heterocycles. The molecule has 7 heteroatoms. The second-order valence-corrected chi connectivity index (χ2v) is 6.46. The Labute approximate surface area is 134 Å². The fourth-order valence-corrected chi connectivity index (χ4v) is 2.36. The van der Waals surface area contributed by atoms with Crippen molar-refractivity contribution in [2.24, 2.45) is 0 Å². The van der Waals surface area contributed by atoms with Crippen molar-refractivity contribution in [2.45, 2.75) is 44.9 Å². The number of carboxylic acid groups (broad SMARTS) is 1. The molecule has 7 nitrogen and oxygen atoms in total. The van der Waals surface area contributed by atoms with E-state index < -0.39 is 29.8 Å². The van der Waals surface area contributed by atoms with Crippen LogP contribution in [-0.4, -0.2) is 51.5 Å². The van der Waals surface area contributed by atoms with Crippen molar-refractivity contribution in [3.8, 4) is 11.5 Å². The summed E-state index contributed by atoms with van der Waals surface area (Å²) in [4.78, 5) is 24.7. The van der Waals surface area contributed by atoms with Gasteiger partial charge in [-0.15, -0.1) is 0 Å². The van der Waals surface area contributed by atoms with Crippen molar-refractivity contribution in [1.29, 1.82) is 0 Å². The standard InChI is InChI=1S/C16H21NO6/c1-16(2,3)23-15(21)17-9-12(8-13(17)14(19)20)22-11-6-4-10(18)5-7-11/h4-7,12-13,18H,8-9H2,1-3H3,(H,19,20). The number of benzene rings is 1. The van der Waals surface area contributed by atoms with E-state index in [0.29, 0.717) is 5.75 Å². The van der Waals surface area contributed by atoms with Crippen LogP contribution in [0.2, 0.25) is 0 Å². The second-order valence-electron chi connectivity index (χ2n) is 6.46. The maximum absolute atomic E-state index is 12.2. The molecule has 0 bridgehead atoms. The zero-order valence-electron chi connectivity index (χ0n) is 13.4. The van der Waals surface area contributed by atoms with E-state index in [1.54, 1.807) is 32.9 Å². The number of phenols is 1. The molecule has 1 aromatic carbocycles. The molecule has 0 saturated carbocycles. The number of carbonyl (C=O) groups is 2. The third kappa shape index (κ3) is 4.51. The molecule has 1 fully saturated rings. The molecule has 2 rings (SSSR count). The van der Waals surface area contributed by atoms with Crippen molar-refractivity contribution < 1.29 is 29.3 Å². The maximum Gasteiger partial charge on any atom is 0.411 e. The molecule has 0 aromatic heterocycles. The minimum Gasteiger partial charge on any atom is -0.508 e. The average Bonchev–Trinajstić information content (AvgIpc) is 2.84. The van der Waals surface area contributed by atoms with Gasteiger partial charge in [0.25, 0.3) is 0 Å². The van der Waals surface area contributed by atoms with E-state index in [1.165, 1.54) is 17.0 Å². The van der Waals surface area contributed by atoms with Gasteiger partial charge in [-0.3, -0.25) is 4.90 Å². The van der Waals surface area contributed by atoms with Gasteiger partial charge in [0.05, 0.1) is 6.54 Å². The molecule has 0 aliphatic carbocycles. The van der Waals surface area contributed by atoms with E-state index >= 15 is 0 Å². The van der Waals surface area contributed by atoms with Crippen LogP contribution in [0.3, 0.4) is 0 Å². The highest BCUT2D eigenvalue weighted by atomic mass is 16.6. The van der Waals surface area contributed by atoms with Gasteiger partial charge < -0.3 is 19.7 Å². The summed E-state index contributed by atoms with van der Waals surface area (Å²) in [5, 5.41) is 18.6. The smallest absolute Gasteiger partial charge is 0.411 e. The first-order valence-corrected chi connectivity index (χ1v) is 7.34. The topological polar surface area (TPSA) is 96.3 Å².